The highest BCUT2D eigenvalue weighted by Gasteiger charge is 2.13. The SMILES string of the molecule is Cc1cccc(C)c1-c1ccccc1-c1ccnc(-c2cccc(Oc3cccc(-c4ccccn4)c3)c2)c1. The number of benzene rings is 4. The molecule has 3 heteroatoms. The third-order valence-corrected chi connectivity index (χ3v) is 6.91. The second kappa shape index (κ2) is 10.8. The monoisotopic (exact) mass is 504 g/mol. The van der Waals surface area contributed by atoms with E-state index in [2.05, 4.69) is 79.5 Å². The molecule has 2 aromatic heterocycles. The van der Waals surface area contributed by atoms with Gasteiger partial charge >= 0.3 is 0 Å². The van der Waals surface area contributed by atoms with Crippen molar-refractivity contribution >= 4 is 0 Å². The van der Waals surface area contributed by atoms with E-state index in [-0.39, 0.29) is 0 Å². The molecule has 3 nitrogen and oxygen atoms in total. The zero-order valence-corrected chi connectivity index (χ0v) is 22.0. The molecule has 39 heavy (non-hydrogen) atoms. The van der Waals surface area contributed by atoms with Crippen molar-refractivity contribution < 1.29 is 4.74 Å². The van der Waals surface area contributed by atoms with E-state index >= 15 is 0 Å². The van der Waals surface area contributed by atoms with Crippen LogP contribution in [0, 0.1) is 13.8 Å². The van der Waals surface area contributed by atoms with Gasteiger partial charge in [0, 0.05) is 23.5 Å². The van der Waals surface area contributed by atoms with Crippen molar-refractivity contribution in [2.75, 3.05) is 0 Å². The van der Waals surface area contributed by atoms with Gasteiger partial charge in [0.2, 0.25) is 0 Å². The first kappa shape index (κ1) is 24.3. The fraction of sp³-hybridized carbons (Fsp3) is 0.0556. The van der Waals surface area contributed by atoms with Crippen LogP contribution in [0.15, 0.2) is 134 Å². The lowest BCUT2D eigenvalue weighted by Crippen LogP contribution is -1.92. The Bertz CT molecular complexity index is 1740. The Labute approximate surface area is 229 Å². The molecule has 0 amide bonds. The van der Waals surface area contributed by atoms with E-state index in [1.54, 1.807) is 6.20 Å². The molecule has 0 saturated carbocycles. The number of hydrogen-bond acceptors (Lipinski definition) is 3. The largest absolute Gasteiger partial charge is 0.457 e. The standard InChI is InChI=1S/C36H28N2O/c1-25-10-7-11-26(2)36(25)33-17-4-3-16-32(33)27-19-21-38-35(24-27)29-13-9-15-31(23-29)39-30-14-8-12-28(22-30)34-18-5-6-20-37-34/h3-24H,1-2H3. The highest BCUT2D eigenvalue weighted by atomic mass is 16.5. The van der Waals surface area contributed by atoms with Crippen molar-refractivity contribution in [1.82, 2.24) is 9.97 Å². The predicted molar refractivity (Wildman–Crippen MR) is 160 cm³/mol. The first-order valence-electron chi connectivity index (χ1n) is 13.1. The molecule has 0 aliphatic rings. The molecule has 0 aliphatic carbocycles. The molecule has 0 unspecified atom stereocenters. The summed E-state index contributed by atoms with van der Waals surface area (Å²) >= 11 is 0. The minimum absolute atomic E-state index is 0.758. The Hall–Kier alpha value is -5.02. The van der Waals surface area contributed by atoms with E-state index < -0.39 is 0 Å². The second-order valence-corrected chi connectivity index (χ2v) is 9.61. The molecule has 0 fully saturated rings. The third kappa shape index (κ3) is 5.21. The van der Waals surface area contributed by atoms with Crippen LogP contribution in [0.5, 0.6) is 11.5 Å². The number of rotatable bonds is 6. The minimum atomic E-state index is 0.758. The molecule has 0 atom stereocenters. The highest BCUT2D eigenvalue weighted by Crippen LogP contribution is 2.37. The van der Waals surface area contributed by atoms with Crippen LogP contribution in [-0.4, -0.2) is 9.97 Å². The topological polar surface area (TPSA) is 35.0 Å². The van der Waals surface area contributed by atoms with Crippen LogP contribution in [0.3, 0.4) is 0 Å². The molecule has 0 spiro atoms. The molecule has 188 valence electrons. The van der Waals surface area contributed by atoms with E-state index in [1.165, 1.54) is 27.8 Å². The van der Waals surface area contributed by atoms with Gasteiger partial charge in [0.05, 0.1) is 11.4 Å². The molecule has 0 aliphatic heterocycles. The average molecular weight is 505 g/mol. The lowest BCUT2D eigenvalue weighted by atomic mass is 9.89. The molecule has 2 heterocycles. The van der Waals surface area contributed by atoms with Gasteiger partial charge in [-0.05, 0) is 95.8 Å². The third-order valence-electron chi connectivity index (χ3n) is 6.91. The molecule has 6 aromatic rings. The minimum Gasteiger partial charge on any atom is -0.457 e. The first-order valence-corrected chi connectivity index (χ1v) is 13.1. The van der Waals surface area contributed by atoms with Crippen LogP contribution in [0.1, 0.15) is 11.1 Å². The van der Waals surface area contributed by atoms with Gasteiger partial charge in [-0.2, -0.15) is 0 Å². The smallest absolute Gasteiger partial charge is 0.128 e. The van der Waals surface area contributed by atoms with Crippen molar-refractivity contribution in [3.63, 3.8) is 0 Å². The van der Waals surface area contributed by atoms with E-state index in [0.29, 0.717) is 0 Å². The van der Waals surface area contributed by atoms with Crippen LogP contribution in [0.2, 0.25) is 0 Å². The van der Waals surface area contributed by atoms with Gasteiger partial charge in [0.25, 0.3) is 0 Å². The van der Waals surface area contributed by atoms with Crippen molar-refractivity contribution in [1.29, 1.82) is 0 Å². The van der Waals surface area contributed by atoms with Crippen LogP contribution in [-0.2, 0) is 0 Å². The van der Waals surface area contributed by atoms with Gasteiger partial charge in [-0.3, -0.25) is 9.97 Å². The Kier molecular flexibility index (Phi) is 6.71. The molecule has 0 N–H and O–H groups in total. The summed E-state index contributed by atoms with van der Waals surface area (Å²) in [6.45, 7) is 4.35. The zero-order chi connectivity index (χ0) is 26.6. The molecule has 0 saturated heterocycles. The maximum atomic E-state index is 6.27. The predicted octanol–water partition coefficient (Wildman–Crippen LogP) is 9.55. The van der Waals surface area contributed by atoms with Crippen molar-refractivity contribution in [2.45, 2.75) is 13.8 Å². The van der Waals surface area contributed by atoms with Gasteiger partial charge in [0.1, 0.15) is 11.5 Å². The number of hydrogen-bond donors (Lipinski definition) is 0. The van der Waals surface area contributed by atoms with Gasteiger partial charge in [-0.1, -0.05) is 72.8 Å². The molecule has 6 rings (SSSR count). The van der Waals surface area contributed by atoms with Gasteiger partial charge in [-0.15, -0.1) is 0 Å². The summed E-state index contributed by atoms with van der Waals surface area (Å²) in [6, 6.07) is 41.3. The Balaban J connectivity index is 1.32. The van der Waals surface area contributed by atoms with Gasteiger partial charge < -0.3 is 4.74 Å². The lowest BCUT2D eigenvalue weighted by molar-refractivity contribution is 0.483. The summed E-state index contributed by atoms with van der Waals surface area (Å²) in [4.78, 5) is 9.17. The van der Waals surface area contributed by atoms with E-state index in [4.69, 9.17) is 9.72 Å². The summed E-state index contributed by atoms with van der Waals surface area (Å²) in [5.74, 6) is 1.52. The van der Waals surface area contributed by atoms with Crippen molar-refractivity contribution in [2.24, 2.45) is 0 Å². The van der Waals surface area contributed by atoms with Gasteiger partial charge in [-0.25, -0.2) is 0 Å². The highest BCUT2D eigenvalue weighted by molar-refractivity contribution is 5.87. The molecule has 4 aromatic carbocycles. The van der Waals surface area contributed by atoms with Crippen molar-refractivity contribution in [3.05, 3.63) is 145 Å². The number of aromatic nitrogens is 2. The van der Waals surface area contributed by atoms with Crippen LogP contribution in [0.25, 0.3) is 44.8 Å². The maximum Gasteiger partial charge on any atom is 0.128 e. The number of ether oxygens (including phenoxy) is 1. The summed E-state index contributed by atoms with van der Waals surface area (Å²) in [5.41, 5.74) is 11.2. The average Bonchev–Trinajstić information content (AvgIpc) is 2.98. The van der Waals surface area contributed by atoms with E-state index in [0.717, 1.165) is 39.6 Å². The molecule has 0 radical (unpaired) electrons. The van der Waals surface area contributed by atoms with Crippen molar-refractivity contribution in [3.8, 4) is 56.3 Å². The molecular formula is C36H28N2O. The Morgan fingerprint density at radius 1 is 0.462 bits per heavy atom. The number of pyridine rings is 2. The van der Waals surface area contributed by atoms with Gasteiger partial charge in [0.15, 0.2) is 0 Å². The molecule has 0 bridgehead atoms. The normalized spacial score (nSPS) is 10.8. The summed E-state index contributed by atoms with van der Waals surface area (Å²) in [6.07, 6.45) is 3.68. The second-order valence-electron chi connectivity index (χ2n) is 9.61. The summed E-state index contributed by atoms with van der Waals surface area (Å²) < 4.78 is 6.27. The van der Waals surface area contributed by atoms with Crippen LogP contribution < -0.4 is 4.74 Å². The number of aryl methyl sites for hydroxylation is 2. The van der Waals surface area contributed by atoms with E-state index in [1.807, 2.05) is 66.9 Å². The number of nitrogens with zero attached hydrogens (tertiary/aromatic N) is 2. The Morgan fingerprint density at radius 3 is 1.77 bits per heavy atom. The summed E-state index contributed by atoms with van der Waals surface area (Å²) in [5, 5.41) is 0. The zero-order valence-electron chi connectivity index (χ0n) is 22.0. The van der Waals surface area contributed by atoms with Crippen LogP contribution in [0.4, 0.5) is 0 Å². The van der Waals surface area contributed by atoms with E-state index in [9.17, 15) is 0 Å². The Morgan fingerprint density at radius 2 is 1.08 bits per heavy atom. The van der Waals surface area contributed by atoms with Crippen LogP contribution >= 0.6 is 0 Å². The first-order chi connectivity index (χ1) is 19.2. The quantitative estimate of drug-likeness (QED) is 0.226. The fourth-order valence-electron chi connectivity index (χ4n) is 5.06. The lowest BCUT2D eigenvalue weighted by Gasteiger charge is -2.15. The molecular weight excluding hydrogens is 476 g/mol. The fourth-order valence-corrected chi connectivity index (χ4v) is 5.06. The maximum absolute atomic E-state index is 6.27. The summed E-state index contributed by atoms with van der Waals surface area (Å²) in [7, 11) is 0.